The minimum Gasteiger partial charge on any atom is -0.465 e. The Morgan fingerprint density at radius 3 is 2.59 bits per heavy atom. The molecule has 0 aliphatic carbocycles. The molecular weight excluding hydrogens is 388 g/mol. The lowest BCUT2D eigenvalue weighted by molar-refractivity contribution is -0.136. The number of rotatable bonds is 5. The van der Waals surface area contributed by atoms with Crippen LogP contribution >= 0.6 is 11.6 Å². The summed E-state index contributed by atoms with van der Waals surface area (Å²) in [6.07, 6.45) is 3.38. The highest BCUT2D eigenvalue weighted by Gasteiger charge is 2.36. The third-order valence-electron chi connectivity index (χ3n) is 5.05. The van der Waals surface area contributed by atoms with Crippen molar-refractivity contribution in [3.63, 3.8) is 0 Å². The molecule has 5 nitrogen and oxygen atoms in total. The summed E-state index contributed by atoms with van der Waals surface area (Å²) in [5, 5.41) is 0.646. The van der Waals surface area contributed by atoms with Crippen molar-refractivity contribution < 1.29 is 14.3 Å². The van der Waals surface area contributed by atoms with Crippen LogP contribution in [-0.4, -0.2) is 35.0 Å². The number of ether oxygens (including phenoxy) is 1. The van der Waals surface area contributed by atoms with Gasteiger partial charge in [0.1, 0.15) is 0 Å². The fourth-order valence-corrected chi connectivity index (χ4v) is 3.86. The van der Waals surface area contributed by atoms with Crippen LogP contribution in [0, 0.1) is 13.8 Å². The second-order valence-electron chi connectivity index (χ2n) is 6.86. The van der Waals surface area contributed by atoms with Gasteiger partial charge in [0.05, 0.1) is 18.3 Å². The summed E-state index contributed by atoms with van der Waals surface area (Å²) >= 11 is 6.15. The molecule has 150 valence electrons. The van der Waals surface area contributed by atoms with Crippen molar-refractivity contribution in [1.29, 1.82) is 0 Å². The molecule has 0 bridgehead atoms. The lowest BCUT2D eigenvalue weighted by atomic mass is 10.0. The largest absolute Gasteiger partial charge is 0.465 e. The predicted molar refractivity (Wildman–Crippen MR) is 115 cm³/mol. The average molecular weight is 411 g/mol. The smallest absolute Gasteiger partial charge is 0.340 e. The number of allylic oxidation sites excluding steroid dienone is 1. The molecule has 2 aromatic rings. The fourth-order valence-electron chi connectivity index (χ4n) is 3.68. The van der Waals surface area contributed by atoms with Crippen LogP contribution in [0.15, 0.2) is 59.8 Å². The van der Waals surface area contributed by atoms with Gasteiger partial charge in [0, 0.05) is 34.3 Å². The van der Waals surface area contributed by atoms with Crippen LogP contribution in [0.5, 0.6) is 0 Å². The van der Waals surface area contributed by atoms with Gasteiger partial charge in [-0.2, -0.15) is 0 Å². The van der Waals surface area contributed by atoms with Crippen LogP contribution in [0.4, 0.5) is 0 Å². The number of aryl methyl sites for hydroxylation is 1. The maximum Gasteiger partial charge on any atom is 0.340 e. The molecule has 3 rings (SSSR count). The van der Waals surface area contributed by atoms with Crippen LogP contribution in [-0.2, 0) is 14.3 Å². The maximum atomic E-state index is 13.0. The van der Waals surface area contributed by atoms with Crippen molar-refractivity contribution in [2.24, 2.45) is 0 Å². The minimum absolute atomic E-state index is 0.240. The number of nitrogens with zero attached hydrogens (tertiary/aromatic N) is 2. The molecule has 1 aliphatic heterocycles. The molecule has 1 aromatic carbocycles. The highest BCUT2D eigenvalue weighted by atomic mass is 35.5. The van der Waals surface area contributed by atoms with Crippen molar-refractivity contribution in [3.05, 3.63) is 81.8 Å². The molecule has 0 saturated carbocycles. The number of esters is 1. The molecule has 0 N–H and O–H groups in total. The second-order valence-corrected chi connectivity index (χ2v) is 7.29. The first kappa shape index (κ1) is 20.7. The van der Waals surface area contributed by atoms with E-state index >= 15 is 0 Å². The first-order valence-corrected chi connectivity index (χ1v) is 9.56. The van der Waals surface area contributed by atoms with E-state index in [1.165, 1.54) is 12.0 Å². The molecule has 1 amide bonds. The zero-order chi connectivity index (χ0) is 21.3. The number of aromatic nitrogens is 1. The van der Waals surface area contributed by atoms with E-state index in [0.29, 0.717) is 22.8 Å². The van der Waals surface area contributed by atoms with Gasteiger partial charge in [0.2, 0.25) is 0 Å². The topological polar surface area (TPSA) is 51.5 Å². The highest BCUT2D eigenvalue weighted by Crippen LogP contribution is 2.33. The lowest BCUT2D eigenvalue weighted by Crippen LogP contribution is -2.25. The second kappa shape index (κ2) is 8.13. The molecule has 0 unspecified atom stereocenters. The lowest BCUT2D eigenvalue weighted by Gasteiger charge is -2.14. The van der Waals surface area contributed by atoms with Crippen LogP contribution < -0.4 is 0 Å². The summed E-state index contributed by atoms with van der Waals surface area (Å²) in [4.78, 5) is 26.9. The number of carbonyl (C=O) groups excluding carboxylic acids is 2. The van der Waals surface area contributed by atoms with Crippen molar-refractivity contribution in [1.82, 2.24) is 9.47 Å². The van der Waals surface area contributed by atoms with E-state index in [4.69, 9.17) is 16.3 Å². The third kappa shape index (κ3) is 3.66. The molecule has 0 fully saturated rings. The molecular formula is C23H23ClN2O3. The first-order valence-electron chi connectivity index (χ1n) is 9.19. The van der Waals surface area contributed by atoms with Gasteiger partial charge in [-0.25, -0.2) is 4.79 Å². The molecule has 6 heteroatoms. The van der Waals surface area contributed by atoms with Gasteiger partial charge in [0.25, 0.3) is 5.91 Å². The predicted octanol–water partition coefficient (Wildman–Crippen LogP) is 4.61. The Bertz CT molecular complexity index is 1080. The molecule has 29 heavy (non-hydrogen) atoms. The SMILES string of the molecule is C=CCN1C(=O)/C(=C\c2cc(C)n(-c3cccc(Cl)c3)c2C)C(C(=O)OC)=C1C. The fraction of sp³-hybridized carbons (Fsp3) is 0.217. The Hall–Kier alpha value is -3.05. The zero-order valence-corrected chi connectivity index (χ0v) is 17.7. The van der Waals surface area contributed by atoms with Gasteiger partial charge in [0.15, 0.2) is 0 Å². The van der Waals surface area contributed by atoms with Crippen molar-refractivity contribution in [2.45, 2.75) is 20.8 Å². The monoisotopic (exact) mass is 410 g/mol. The Kier molecular flexibility index (Phi) is 5.80. The van der Waals surface area contributed by atoms with Gasteiger partial charge >= 0.3 is 5.97 Å². The van der Waals surface area contributed by atoms with Crippen molar-refractivity contribution in [2.75, 3.05) is 13.7 Å². The van der Waals surface area contributed by atoms with Gasteiger partial charge < -0.3 is 14.2 Å². The van der Waals surface area contributed by atoms with E-state index in [0.717, 1.165) is 22.6 Å². The van der Waals surface area contributed by atoms with E-state index < -0.39 is 5.97 Å². The van der Waals surface area contributed by atoms with E-state index in [1.807, 2.05) is 44.2 Å². The standard InChI is InChI=1S/C23H23ClN2O3/c1-6-10-25-16(4)21(23(28)29-5)20(22(25)27)12-17-11-14(2)26(15(17)3)19-9-7-8-18(24)13-19/h6-9,11-13H,1,10H2,2-5H3/b20-12-. The Balaban J connectivity index is 2.14. The summed E-state index contributed by atoms with van der Waals surface area (Å²) < 4.78 is 6.99. The Morgan fingerprint density at radius 2 is 1.97 bits per heavy atom. The number of hydrogen-bond donors (Lipinski definition) is 0. The van der Waals surface area contributed by atoms with E-state index in [-0.39, 0.29) is 11.5 Å². The molecule has 0 radical (unpaired) electrons. The van der Waals surface area contributed by atoms with Gasteiger partial charge in [-0.05, 0) is 56.7 Å². The van der Waals surface area contributed by atoms with E-state index in [9.17, 15) is 9.59 Å². The zero-order valence-electron chi connectivity index (χ0n) is 17.0. The van der Waals surface area contributed by atoms with Crippen molar-refractivity contribution >= 4 is 29.6 Å². The maximum absolute atomic E-state index is 13.0. The quantitative estimate of drug-likeness (QED) is 0.411. The van der Waals surface area contributed by atoms with E-state index in [2.05, 4.69) is 11.1 Å². The van der Waals surface area contributed by atoms with Crippen LogP contribution in [0.25, 0.3) is 11.8 Å². The first-order chi connectivity index (χ1) is 13.8. The van der Waals surface area contributed by atoms with Crippen LogP contribution in [0.3, 0.4) is 0 Å². The molecule has 0 atom stereocenters. The number of halogens is 1. The molecule has 1 aromatic heterocycles. The highest BCUT2D eigenvalue weighted by molar-refractivity contribution is 6.30. The summed E-state index contributed by atoms with van der Waals surface area (Å²) in [6.45, 7) is 9.71. The molecule has 1 aliphatic rings. The Morgan fingerprint density at radius 1 is 1.24 bits per heavy atom. The number of benzene rings is 1. The summed E-state index contributed by atoms with van der Waals surface area (Å²) in [5.74, 6) is -0.771. The average Bonchev–Trinajstić information content (AvgIpc) is 3.09. The van der Waals surface area contributed by atoms with Crippen molar-refractivity contribution in [3.8, 4) is 5.69 Å². The molecule has 0 saturated heterocycles. The number of methoxy groups -OCH3 is 1. The van der Waals surface area contributed by atoms with Gasteiger partial charge in [-0.15, -0.1) is 6.58 Å². The van der Waals surface area contributed by atoms with Gasteiger partial charge in [-0.1, -0.05) is 23.7 Å². The molecule has 2 heterocycles. The normalized spacial score (nSPS) is 15.4. The third-order valence-corrected chi connectivity index (χ3v) is 5.28. The summed E-state index contributed by atoms with van der Waals surface area (Å²) in [5.41, 5.74) is 4.88. The van der Waals surface area contributed by atoms with Crippen LogP contribution in [0.2, 0.25) is 5.02 Å². The van der Waals surface area contributed by atoms with E-state index in [1.54, 1.807) is 19.1 Å². The number of hydrogen-bond acceptors (Lipinski definition) is 3. The van der Waals surface area contributed by atoms with Crippen LogP contribution in [0.1, 0.15) is 23.9 Å². The molecule has 0 spiro atoms. The number of carbonyl (C=O) groups is 2. The minimum atomic E-state index is -0.530. The van der Waals surface area contributed by atoms with Gasteiger partial charge in [-0.3, -0.25) is 4.79 Å². The summed E-state index contributed by atoms with van der Waals surface area (Å²) in [7, 11) is 1.31. The number of amides is 1. The Labute approximate surface area is 175 Å². The summed E-state index contributed by atoms with van der Waals surface area (Å²) in [6, 6.07) is 9.55.